The van der Waals surface area contributed by atoms with Gasteiger partial charge in [0.05, 0.1) is 22.7 Å². The maximum absolute atomic E-state index is 11.1. The number of hydrogen-bond donors (Lipinski definition) is 2. The van der Waals surface area contributed by atoms with Gasteiger partial charge in [0, 0.05) is 0 Å². The second-order valence-electron chi connectivity index (χ2n) is 2.94. The van der Waals surface area contributed by atoms with Crippen molar-refractivity contribution in [2.45, 2.75) is 26.1 Å². The molecule has 1 aromatic rings. The summed E-state index contributed by atoms with van der Waals surface area (Å²) in [7, 11) is 0. The van der Waals surface area contributed by atoms with Crippen LogP contribution in [0.15, 0.2) is 5.51 Å². The molecule has 0 saturated heterocycles. The maximum atomic E-state index is 11.1. The lowest BCUT2D eigenvalue weighted by molar-refractivity contribution is -0.159. The molecule has 2 N–H and O–H groups in total. The number of aryl methyl sites for hydroxylation is 1. The Bertz CT molecular complexity index is 339. The second kappa shape index (κ2) is 5.20. The predicted molar refractivity (Wildman–Crippen MR) is 54.5 cm³/mol. The summed E-state index contributed by atoms with van der Waals surface area (Å²) in [6.07, 6.45) is -2.82. The van der Waals surface area contributed by atoms with Gasteiger partial charge in [-0.1, -0.05) is 0 Å². The highest BCUT2D eigenvalue weighted by molar-refractivity contribution is 7.09. The number of carbonyl (C=O) groups is 1. The van der Waals surface area contributed by atoms with E-state index in [9.17, 15) is 15.0 Å². The molecule has 1 rings (SSSR count). The number of aliphatic hydroxyl groups excluding tert-OH is 2. The topological polar surface area (TPSA) is 79.7 Å². The lowest BCUT2D eigenvalue weighted by Gasteiger charge is -2.15. The van der Waals surface area contributed by atoms with Crippen molar-refractivity contribution in [1.82, 2.24) is 4.98 Å². The molecule has 0 spiro atoms. The molecule has 0 bridgehead atoms. The van der Waals surface area contributed by atoms with Crippen molar-refractivity contribution in [3.8, 4) is 0 Å². The molecular weight excluding hydrogens is 218 g/mol. The molecule has 0 fully saturated rings. The van der Waals surface area contributed by atoms with Gasteiger partial charge in [0.1, 0.15) is 6.10 Å². The Kier molecular flexibility index (Phi) is 4.19. The second-order valence-corrected chi connectivity index (χ2v) is 3.83. The SMILES string of the molecule is CCOC(=O)[C@H](O)[C@@H](O)c1scnc1C. The fraction of sp³-hybridized carbons (Fsp3) is 0.556. The molecule has 0 aliphatic rings. The van der Waals surface area contributed by atoms with Crippen molar-refractivity contribution in [3.05, 3.63) is 16.1 Å². The van der Waals surface area contributed by atoms with E-state index >= 15 is 0 Å². The molecule has 0 saturated carbocycles. The van der Waals surface area contributed by atoms with E-state index in [0.717, 1.165) is 0 Å². The van der Waals surface area contributed by atoms with Gasteiger partial charge in [-0.3, -0.25) is 0 Å². The van der Waals surface area contributed by atoms with E-state index in [-0.39, 0.29) is 6.61 Å². The smallest absolute Gasteiger partial charge is 0.338 e. The zero-order chi connectivity index (χ0) is 11.4. The molecule has 1 aromatic heterocycles. The molecule has 5 nitrogen and oxygen atoms in total. The minimum atomic E-state index is -1.55. The van der Waals surface area contributed by atoms with E-state index < -0.39 is 18.2 Å². The first-order valence-electron chi connectivity index (χ1n) is 4.50. The summed E-state index contributed by atoms with van der Waals surface area (Å²) in [6, 6.07) is 0. The highest BCUT2D eigenvalue weighted by Crippen LogP contribution is 2.24. The van der Waals surface area contributed by atoms with Gasteiger partial charge in [-0.05, 0) is 13.8 Å². The van der Waals surface area contributed by atoms with Gasteiger partial charge >= 0.3 is 5.97 Å². The third-order valence-corrected chi connectivity index (χ3v) is 2.88. The average molecular weight is 231 g/mol. The van der Waals surface area contributed by atoms with Crippen molar-refractivity contribution >= 4 is 17.3 Å². The van der Waals surface area contributed by atoms with E-state index in [1.807, 2.05) is 0 Å². The minimum Gasteiger partial charge on any atom is -0.464 e. The van der Waals surface area contributed by atoms with Crippen LogP contribution in [0.4, 0.5) is 0 Å². The molecular formula is C9H13NO4S. The highest BCUT2D eigenvalue weighted by atomic mass is 32.1. The zero-order valence-electron chi connectivity index (χ0n) is 8.51. The lowest BCUT2D eigenvalue weighted by atomic mass is 10.1. The lowest BCUT2D eigenvalue weighted by Crippen LogP contribution is -2.29. The third-order valence-electron chi connectivity index (χ3n) is 1.88. The van der Waals surface area contributed by atoms with Gasteiger partial charge in [-0.25, -0.2) is 9.78 Å². The molecule has 0 aliphatic carbocycles. The number of ether oxygens (including phenoxy) is 1. The first-order chi connectivity index (χ1) is 7.07. The molecule has 84 valence electrons. The molecule has 0 unspecified atom stereocenters. The Labute approximate surface area is 91.3 Å². The van der Waals surface area contributed by atoms with Gasteiger partial charge < -0.3 is 14.9 Å². The summed E-state index contributed by atoms with van der Waals surface area (Å²) in [4.78, 5) is 15.5. The van der Waals surface area contributed by atoms with E-state index in [4.69, 9.17) is 0 Å². The monoisotopic (exact) mass is 231 g/mol. The summed E-state index contributed by atoms with van der Waals surface area (Å²) in [5, 5.41) is 19.1. The number of nitrogens with zero attached hydrogens (tertiary/aromatic N) is 1. The van der Waals surface area contributed by atoms with E-state index in [0.29, 0.717) is 10.6 Å². The third kappa shape index (κ3) is 2.74. The number of rotatable bonds is 4. The van der Waals surface area contributed by atoms with Crippen LogP contribution in [0.2, 0.25) is 0 Å². The first kappa shape index (κ1) is 12.1. The van der Waals surface area contributed by atoms with Gasteiger partial charge in [0.15, 0.2) is 6.10 Å². The van der Waals surface area contributed by atoms with Gasteiger partial charge in [-0.15, -0.1) is 11.3 Å². The first-order valence-corrected chi connectivity index (χ1v) is 5.38. The van der Waals surface area contributed by atoms with E-state index in [1.165, 1.54) is 11.3 Å². The van der Waals surface area contributed by atoms with Crippen LogP contribution < -0.4 is 0 Å². The van der Waals surface area contributed by atoms with Crippen LogP contribution in [0.3, 0.4) is 0 Å². The largest absolute Gasteiger partial charge is 0.464 e. The number of esters is 1. The Morgan fingerprint density at radius 2 is 2.33 bits per heavy atom. The zero-order valence-corrected chi connectivity index (χ0v) is 9.32. The molecule has 0 amide bonds. The van der Waals surface area contributed by atoms with Crippen LogP contribution in [0, 0.1) is 6.92 Å². The van der Waals surface area contributed by atoms with E-state index in [2.05, 4.69) is 9.72 Å². The quantitative estimate of drug-likeness (QED) is 0.734. The molecule has 6 heteroatoms. The molecule has 2 atom stereocenters. The summed E-state index contributed by atoms with van der Waals surface area (Å²) in [6.45, 7) is 3.51. The summed E-state index contributed by atoms with van der Waals surface area (Å²) >= 11 is 1.19. The van der Waals surface area contributed by atoms with Crippen LogP contribution >= 0.6 is 11.3 Å². The highest BCUT2D eigenvalue weighted by Gasteiger charge is 2.29. The fourth-order valence-corrected chi connectivity index (χ4v) is 1.91. The Morgan fingerprint density at radius 3 is 2.80 bits per heavy atom. The molecule has 0 aromatic carbocycles. The van der Waals surface area contributed by atoms with Crippen LogP contribution in [-0.2, 0) is 9.53 Å². The van der Waals surface area contributed by atoms with Crippen molar-refractivity contribution in [2.24, 2.45) is 0 Å². The Balaban J connectivity index is 2.72. The standard InChI is InChI=1S/C9H13NO4S/c1-3-14-9(13)7(12)6(11)8-5(2)10-4-15-8/h4,6-7,11-12H,3H2,1-2H3/t6-,7-/m1/s1. The average Bonchev–Trinajstić information content (AvgIpc) is 2.62. The van der Waals surface area contributed by atoms with E-state index in [1.54, 1.807) is 19.4 Å². The summed E-state index contributed by atoms with van der Waals surface area (Å²) < 4.78 is 4.60. The normalized spacial score (nSPS) is 14.7. The van der Waals surface area contributed by atoms with Crippen molar-refractivity contribution in [2.75, 3.05) is 6.61 Å². The minimum absolute atomic E-state index is 0.171. The van der Waals surface area contributed by atoms with Gasteiger partial charge in [0.25, 0.3) is 0 Å². The van der Waals surface area contributed by atoms with Gasteiger partial charge in [0.2, 0.25) is 0 Å². The van der Waals surface area contributed by atoms with Crippen molar-refractivity contribution in [1.29, 1.82) is 0 Å². The van der Waals surface area contributed by atoms with Crippen molar-refractivity contribution in [3.63, 3.8) is 0 Å². The molecule has 0 aliphatic heterocycles. The van der Waals surface area contributed by atoms with Gasteiger partial charge in [-0.2, -0.15) is 0 Å². The summed E-state index contributed by atoms with van der Waals surface area (Å²) in [5.74, 6) is -0.821. The Hall–Kier alpha value is -0.980. The molecule has 1 heterocycles. The number of aromatic nitrogens is 1. The molecule has 0 radical (unpaired) electrons. The summed E-state index contributed by atoms with van der Waals surface area (Å²) in [5.41, 5.74) is 2.15. The molecule has 15 heavy (non-hydrogen) atoms. The number of aliphatic hydroxyl groups is 2. The fourth-order valence-electron chi connectivity index (χ4n) is 1.09. The number of hydrogen-bond acceptors (Lipinski definition) is 6. The number of thiazole rings is 1. The Morgan fingerprint density at radius 1 is 1.67 bits per heavy atom. The predicted octanol–water partition coefficient (Wildman–Crippen LogP) is 0.409. The van der Waals surface area contributed by atoms with Crippen LogP contribution in [-0.4, -0.2) is 33.9 Å². The van der Waals surface area contributed by atoms with Crippen LogP contribution in [0.1, 0.15) is 23.6 Å². The van der Waals surface area contributed by atoms with Crippen LogP contribution in [0.25, 0.3) is 0 Å². The number of carbonyl (C=O) groups excluding carboxylic acids is 1. The maximum Gasteiger partial charge on any atom is 0.338 e. The van der Waals surface area contributed by atoms with Crippen molar-refractivity contribution < 1.29 is 19.7 Å². The van der Waals surface area contributed by atoms with Crippen LogP contribution in [0.5, 0.6) is 0 Å².